The lowest BCUT2D eigenvalue weighted by Crippen LogP contribution is -2.50. The molecule has 0 radical (unpaired) electrons. The number of urea groups is 1. The number of rotatable bonds is 4. The number of amides is 2. The van der Waals surface area contributed by atoms with Crippen molar-refractivity contribution in [3.05, 3.63) is 65.4 Å². The monoisotopic (exact) mass is 615 g/mol. The third-order valence-electron chi connectivity index (χ3n) is 7.72. The van der Waals surface area contributed by atoms with Crippen LogP contribution >= 0.6 is 22.9 Å². The molecule has 0 aliphatic carbocycles. The number of thiophene rings is 1. The molecule has 0 spiro atoms. The van der Waals surface area contributed by atoms with Gasteiger partial charge in [-0.15, -0.1) is 11.3 Å². The Morgan fingerprint density at radius 3 is 2.29 bits per heavy atom. The number of aromatic nitrogens is 2. The van der Waals surface area contributed by atoms with E-state index in [0.29, 0.717) is 26.2 Å². The van der Waals surface area contributed by atoms with Gasteiger partial charge in [0, 0.05) is 68.6 Å². The fourth-order valence-corrected chi connectivity index (χ4v) is 6.51. The first-order chi connectivity index (χ1) is 20.2. The Kier molecular flexibility index (Phi) is 7.86. The number of hydrogen-bond donors (Lipinski definition) is 1. The van der Waals surface area contributed by atoms with Gasteiger partial charge >= 0.3 is 12.2 Å². The van der Waals surface area contributed by atoms with Crippen LogP contribution < -0.4 is 15.1 Å². The van der Waals surface area contributed by atoms with Crippen molar-refractivity contribution in [2.24, 2.45) is 0 Å². The molecule has 0 unspecified atom stereocenters. The van der Waals surface area contributed by atoms with E-state index in [1.165, 1.54) is 11.8 Å². The molecule has 4 heterocycles. The van der Waals surface area contributed by atoms with E-state index in [-0.39, 0.29) is 5.69 Å². The molecule has 2 aromatic carbocycles. The molecule has 0 bridgehead atoms. The number of carbonyl (C=O) groups excluding carboxylic acids is 1. The summed E-state index contributed by atoms with van der Waals surface area (Å²) >= 11 is 7.31. The van der Waals surface area contributed by atoms with Crippen LogP contribution in [0, 0.1) is 0 Å². The van der Waals surface area contributed by atoms with Gasteiger partial charge in [-0.2, -0.15) is 13.2 Å². The molecule has 13 heteroatoms. The summed E-state index contributed by atoms with van der Waals surface area (Å²) in [6.07, 6.45) is -3.05. The van der Waals surface area contributed by atoms with Crippen LogP contribution in [0.5, 0.6) is 0 Å². The van der Waals surface area contributed by atoms with E-state index in [1.54, 1.807) is 22.6 Å². The maximum absolute atomic E-state index is 13.2. The minimum Gasteiger partial charge on any atom is -0.369 e. The average Bonchev–Trinajstić information content (AvgIpc) is 3.43. The first-order valence-electron chi connectivity index (χ1n) is 13.6. The Hall–Kier alpha value is -3.61. The molecule has 2 aliphatic heterocycles. The van der Waals surface area contributed by atoms with Gasteiger partial charge in [0.1, 0.15) is 17.0 Å². The van der Waals surface area contributed by atoms with E-state index in [9.17, 15) is 18.0 Å². The first kappa shape index (κ1) is 28.5. The van der Waals surface area contributed by atoms with Crippen molar-refractivity contribution >= 4 is 56.4 Å². The Morgan fingerprint density at radius 1 is 0.905 bits per heavy atom. The highest BCUT2D eigenvalue weighted by molar-refractivity contribution is 7.21. The molecule has 1 N–H and O–H groups in total. The Bertz CT molecular complexity index is 1580. The van der Waals surface area contributed by atoms with E-state index in [2.05, 4.69) is 67.4 Å². The second-order valence-electron chi connectivity index (χ2n) is 10.5. The summed E-state index contributed by atoms with van der Waals surface area (Å²) < 4.78 is 39.6. The average molecular weight is 616 g/mol. The van der Waals surface area contributed by atoms with Gasteiger partial charge in [0.05, 0.1) is 16.0 Å². The molecule has 42 heavy (non-hydrogen) atoms. The predicted octanol–water partition coefficient (Wildman–Crippen LogP) is 6.14. The van der Waals surface area contributed by atoms with Gasteiger partial charge in [0.2, 0.25) is 0 Å². The minimum atomic E-state index is -4.61. The maximum atomic E-state index is 13.2. The minimum absolute atomic E-state index is 0.0408. The van der Waals surface area contributed by atoms with Crippen molar-refractivity contribution in [2.45, 2.75) is 6.18 Å². The number of likely N-dealkylation sites (N-methyl/N-ethyl adjacent to an activating group) is 1. The summed E-state index contributed by atoms with van der Waals surface area (Å²) in [7, 11) is 2.15. The van der Waals surface area contributed by atoms with Crippen LogP contribution in [0.15, 0.2) is 54.9 Å². The highest BCUT2D eigenvalue weighted by Crippen LogP contribution is 2.38. The van der Waals surface area contributed by atoms with E-state index >= 15 is 0 Å². The lowest BCUT2D eigenvalue weighted by Gasteiger charge is -2.35. The van der Waals surface area contributed by atoms with Crippen molar-refractivity contribution in [1.82, 2.24) is 19.8 Å². The topological polar surface area (TPSA) is 67.8 Å². The number of hydrogen-bond acceptors (Lipinski definition) is 7. The Labute approximate surface area is 250 Å². The molecule has 2 fully saturated rings. The highest BCUT2D eigenvalue weighted by atomic mass is 35.5. The summed E-state index contributed by atoms with van der Waals surface area (Å²) in [5, 5.41) is 3.11. The van der Waals surface area contributed by atoms with E-state index < -0.39 is 22.8 Å². The standard InChI is InChI=1S/C29H29ClF3N7OS/c1-37-8-10-38(11-9-37)21-5-2-19(3-6-21)25-17-22-26(34-18-35-27(22)42-25)39-12-14-40(15-13-39)28(41)36-20-4-7-24(30)23(16-20)29(31,32)33/h2-7,16-18H,8-15H2,1H3,(H,36,41). The highest BCUT2D eigenvalue weighted by Gasteiger charge is 2.34. The van der Waals surface area contributed by atoms with E-state index in [4.69, 9.17) is 11.6 Å². The molecule has 4 aromatic rings. The second-order valence-corrected chi connectivity index (χ2v) is 11.9. The van der Waals surface area contributed by atoms with Gasteiger partial charge in [-0.3, -0.25) is 0 Å². The van der Waals surface area contributed by atoms with Crippen LogP contribution in [0.4, 0.5) is 35.2 Å². The third kappa shape index (κ3) is 5.97. The fourth-order valence-electron chi connectivity index (χ4n) is 5.28. The summed E-state index contributed by atoms with van der Waals surface area (Å²) in [4.78, 5) is 32.3. The van der Waals surface area contributed by atoms with Gasteiger partial charge in [-0.1, -0.05) is 23.7 Å². The molecule has 2 aliphatic rings. The number of fused-ring (bicyclic) bond motifs is 1. The van der Waals surface area contributed by atoms with Gasteiger partial charge < -0.3 is 24.9 Å². The van der Waals surface area contributed by atoms with Gasteiger partial charge in [0.25, 0.3) is 0 Å². The molecule has 2 amide bonds. The normalized spacial score (nSPS) is 16.7. The molecule has 0 atom stereocenters. The number of halogens is 4. The summed E-state index contributed by atoms with van der Waals surface area (Å²) in [5.41, 5.74) is 1.41. The van der Waals surface area contributed by atoms with Crippen molar-refractivity contribution in [1.29, 1.82) is 0 Å². The number of nitrogens with zero attached hydrogens (tertiary/aromatic N) is 6. The van der Waals surface area contributed by atoms with Crippen LogP contribution in [0.1, 0.15) is 5.56 Å². The zero-order valence-corrected chi connectivity index (χ0v) is 24.4. The quantitative estimate of drug-likeness (QED) is 0.298. The number of alkyl halides is 3. The number of benzene rings is 2. The van der Waals surface area contributed by atoms with Gasteiger partial charge in [-0.05, 0) is 49.0 Å². The van der Waals surface area contributed by atoms with Crippen molar-refractivity contribution in [3.63, 3.8) is 0 Å². The largest absolute Gasteiger partial charge is 0.417 e. The van der Waals surface area contributed by atoms with Gasteiger partial charge in [0.15, 0.2) is 0 Å². The zero-order valence-electron chi connectivity index (χ0n) is 22.9. The van der Waals surface area contributed by atoms with Crippen LogP contribution in [0.3, 0.4) is 0 Å². The van der Waals surface area contributed by atoms with E-state index in [0.717, 1.165) is 64.8 Å². The molecule has 8 nitrogen and oxygen atoms in total. The second kappa shape index (κ2) is 11.6. The van der Waals surface area contributed by atoms with Crippen molar-refractivity contribution in [2.75, 3.05) is 74.5 Å². The lowest BCUT2D eigenvalue weighted by atomic mass is 10.1. The van der Waals surface area contributed by atoms with Crippen LogP contribution in [0.25, 0.3) is 20.7 Å². The number of nitrogens with one attached hydrogen (secondary N) is 1. The number of carbonyl (C=O) groups is 1. The summed E-state index contributed by atoms with van der Waals surface area (Å²) in [6.45, 7) is 5.99. The first-order valence-corrected chi connectivity index (χ1v) is 14.8. The SMILES string of the molecule is CN1CCN(c2ccc(-c3cc4c(N5CCN(C(=O)Nc6ccc(Cl)c(C(F)(F)F)c6)CC5)ncnc4s3)cc2)CC1. The smallest absolute Gasteiger partial charge is 0.369 e. The maximum Gasteiger partial charge on any atom is 0.417 e. The lowest BCUT2D eigenvalue weighted by molar-refractivity contribution is -0.137. The summed E-state index contributed by atoms with van der Waals surface area (Å²) in [5.74, 6) is 0.809. The van der Waals surface area contributed by atoms with Gasteiger partial charge in [-0.25, -0.2) is 14.8 Å². The molecule has 2 aromatic heterocycles. The van der Waals surface area contributed by atoms with E-state index in [1.807, 2.05) is 0 Å². The van der Waals surface area contributed by atoms with Crippen LogP contribution in [0.2, 0.25) is 5.02 Å². The third-order valence-corrected chi connectivity index (χ3v) is 9.14. The Morgan fingerprint density at radius 2 is 1.60 bits per heavy atom. The van der Waals surface area contributed by atoms with Crippen molar-refractivity contribution in [3.8, 4) is 10.4 Å². The summed E-state index contributed by atoms with van der Waals surface area (Å²) in [6, 6.07) is 13.7. The van der Waals surface area contributed by atoms with Crippen molar-refractivity contribution < 1.29 is 18.0 Å². The molecule has 220 valence electrons. The van der Waals surface area contributed by atoms with Crippen LogP contribution in [-0.2, 0) is 6.18 Å². The Balaban J connectivity index is 1.12. The zero-order chi connectivity index (χ0) is 29.4. The number of anilines is 3. The molecule has 6 rings (SSSR count). The fraction of sp³-hybridized carbons (Fsp3) is 0.345. The van der Waals surface area contributed by atoms with Crippen LogP contribution in [-0.4, -0.2) is 85.2 Å². The number of piperazine rings is 2. The molecular weight excluding hydrogens is 587 g/mol. The molecular formula is C29H29ClF3N7OS. The molecule has 0 saturated carbocycles. The molecule has 2 saturated heterocycles. The predicted molar refractivity (Wildman–Crippen MR) is 162 cm³/mol.